The Morgan fingerprint density at radius 3 is 2.45 bits per heavy atom. The number of carbonyl (C=O) groups excluding carboxylic acids is 1. The number of methoxy groups -OCH3 is 2. The van der Waals surface area contributed by atoms with Gasteiger partial charge in [0.2, 0.25) is 0 Å². The van der Waals surface area contributed by atoms with Crippen LogP contribution >= 0.6 is 0 Å². The van der Waals surface area contributed by atoms with Crippen molar-refractivity contribution in [1.29, 1.82) is 0 Å². The maximum Gasteiger partial charge on any atom is 0.416 e. The van der Waals surface area contributed by atoms with Gasteiger partial charge in [0, 0.05) is 11.8 Å². The number of pyridine rings is 1. The van der Waals surface area contributed by atoms with Crippen LogP contribution in [0.2, 0.25) is 0 Å². The lowest BCUT2D eigenvalue weighted by molar-refractivity contribution is -0.137. The van der Waals surface area contributed by atoms with Crippen LogP contribution in [-0.2, 0) is 10.9 Å². The van der Waals surface area contributed by atoms with Crippen molar-refractivity contribution in [2.24, 2.45) is 0 Å². The molecular weight excluding hydrogens is 299 g/mol. The number of ether oxygens (including phenoxy) is 2. The van der Waals surface area contributed by atoms with Crippen LogP contribution in [0.15, 0.2) is 36.5 Å². The predicted octanol–water partition coefficient (Wildman–Crippen LogP) is 3.56. The highest BCUT2D eigenvalue weighted by Gasteiger charge is 2.30. The summed E-state index contributed by atoms with van der Waals surface area (Å²) in [7, 11) is 2.53. The maximum atomic E-state index is 12.7. The third-order valence-electron chi connectivity index (χ3n) is 2.97. The molecule has 2 rings (SSSR count). The van der Waals surface area contributed by atoms with E-state index in [1.165, 1.54) is 38.6 Å². The Hall–Kier alpha value is -2.57. The molecule has 0 aliphatic carbocycles. The fourth-order valence-corrected chi connectivity index (χ4v) is 1.88. The first-order chi connectivity index (χ1) is 10.4. The van der Waals surface area contributed by atoms with E-state index < -0.39 is 17.7 Å². The van der Waals surface area contributed by atoms with E-state index in [9.17, 15) is 18.0 Å². The molecule has 0 saturated carbocycles. The highest BCUT2D eigenvalue weighted by molar-refractivity contribution is 5.91. The van der Waals surface area contributed by atoms with Gasteiger partial charge >= 0.3 is 12.1 Å². The monoisotopic (exact) mass is 311 g/mol. The molecule has 0 fully saturated rings. The van der Waals surface area contributed by atoms with E-state index in [-0.39, 0.29) is 11.4 Å². The van der Waals surface area contributed by atoms with Gasteiger partial charge in [-0.25, -0.2) is 9.78 Å². The molecule has 116 valence electrons. The standard InChI is InChI=1S/C15H12F3NO3/c1-21-12-7-10(8-19-13(12)14(20)22-2)9-4-3-5-11(6-9)15(16,17)18/h3-8H,1-2H3. The van der Waals surface area contributed by atoms with Crippen LogP contribution in [0.5, 0.6) is 5.75 Å². The zero-order chi connectivity index (χ0) is 16.3. The van der Waals surface area contributed by atoms with E-state index in [1.54, 1.807) is 0 Å². The summed E-state index contributed by atoms with van der Waals surface area (Å²) in [6.07, 6.45) is -3.14. The normalized spacial score (nSPS) is 11.1. The highest BCUT2D eigenvalue weighted by atomic mass is 19.4. The van der Waals surface area contributed by atoms with Gasteiger partial charge in [-0.05, 0) is 23.8 Å². The van der Waals surface area contributed by atoms with Gasteiger partial charge in [0.05, 0.1) is 19.8 Å². The Morgan fingerprint density at radius 2 is 1.86 bits per heavy atom. The van der Waals surface area contributed by atoms with Gasteiger partial charge in [-0.2, -0.15) is 13.2 Å². The van der Waals surface area contributed by atoms with Crippen LogP contribution < -0.4 is 4.74 Å². The molecule has 0 bridgehead atoms. The Balaban J connectivity index is 2.48. The summed E-state index contributed by atoms with van der Waals surface area (Å²) >= 11 is 0. The zero-order valence-electron chi connectivity index (χ0n) is 11.8. The van der Waals surface area contributed by atoms with Crippen LogP contribution in [0.3, 0.4) is 0 Å². The summed E-state index contributed by atoms with van der Waals surface area (Å²) in [6, 6.07) is 6.25. The lowest BCUT2D eigenvalue weighted by Gasteiger charge is -2.11. The molecule has 2 aromatic rings. The quantitative estimate of drug-likeness (QED) is 0.813. The first kappa shape index (κ1) is 15.8. The summed E-state index contributed by atoms with van der Waals surface area (Å²) in [6.45, 7) is 0. The van der Waals surface area contributed by atoms with Crippen molar-refractivity contribution in [3.8, 4) is 16.9 Å². The molecule has 0 aliphatic heterocycles. The van der Waals surface area contributed by atoms with Crippen molar-refractivity contribution in [2.75, 3.05) is 14.2 Å². The molecule has 1 aromatic carbocycles. The molecule has 1 heterocycles. The molecule has 0 radical (unpaired) electrons. The zero-order valence-corrected chi connectivity index (χ0v) is 11.8. The lowest BCUT2D eigenvalue weighted by Crippen LogP contribution is -2.07. The van der Waals surface area contributed by atoms with Crippen molar-refractivity contribution in [1.82, 2.24) is 4.98 Å². The minimum absolute atomic E-state index is 0.0410. The van der Waals surface area contributed by atoms with Crippen molar-refractivity contribution in [3.63, 3.8) is 0 Å². The number of halogens is 3. The fourth-order valence-electron chi connectivity index (χ4n) is 1.88. The second-order valence-electron chi connectivity index (χ2n) is 4.35. The molecule has 0 atom stereocenters. The third kappa shape index (κ3) is 3.19. The van der Waals surface area contributed by atoms with Crippen molar-refractivity contribution < 1.29 is 27.4 Å². The molecule has 0 saturated heterocycles. The number of rotatable bonds is 3. The van der Waals surface area contributed by atoms with Crippen LogP contribution in [0.4, 0.5) is 13.2 Å². The number of esters is 1. The molecule has 0 amide bonds. The minimum Gasteiger partial charge on any atom is -0.494 e. The van der Waals surface area contributed by atoms with Gasteiger partial charge in [-0.15, -0.1) is 0 Å². The summed E-state index contributed by atoms with van der Waals surface area (Å²) in [5.74, 6) is -0.561. The summed E-state index contributed by atoms with van der Waals surface area (Å²) in [5.41, 5.74) is -0.0885. The van der Waals surface area contributed by atoms with Crippen LogP contribution in [0, 0.1) is 0 Å². The highest BCUT2D eigenvalue weighted by Crippen LogP contribution is 2.33. The van der Waals surface area contributed by atoms with E-state index in [0.29, 0.717) is 11.1 Å². The number of alkyl halides is 3. The van der Waals surface area contributed by atoms with Crippen molar-refractivity contribution in [2.45, 2.75) is 6.18 Å². The third-order valence-corrected chi connectivity index (χ3v) is 2.97. The second kappa shape index (κ2) is 6.05. The molecule has 0 spiro atoms. The number of hydrogen-bond donors (Lipinski definition) is 0. The van der Waals surface area contributed by atoms with E-state index >= 15 is 0 Å². The van der Waals surface area contributed by atoms with Gasteiger partial charge in [-0.1, -0.05) is 12.1 Å². The molecule has 0 N–H and O–H groups in total. The number of hydrogen-bond acceptors (Lipinski definition) is 4. The van der Waals surface area contributed by atoms with Gasteiger partial charge < -0.3 is 9.47 Å². The number of benzene rings is 1. The average Bonchev–Trinajstić information content (AvgIpc) is 2.52. The maximum absolute atomic E-state index is 12.7. The van der Waals surface area contributed by atoms with E-state index in [0.717, 1.165) is 12.1 Å². The molecule has 0 unspecified atom stereocenters. The van der Waals surface area contributed by atoms with Gasteiger partial charge in [0.25, 0.3) is 0 Å². The summed E-state index contributed by atoms with van der Waals surface area (Å²) < 4.78 is 47.8. The van der Waals surface area contributed by atoms with Crippen LogP contribution in [-0.4, -0.2) is 25.2 Å². The van der Waals surface area contributed by atoms with E-state index in [1.807, 2.05) is 0 Å². The molecule has 1 aromatic heterocycles. The van der Waals surface area contributed by atoms with Crippen LogP contribution in [0.1, 0.15) is 16.1 Å². The summed E-state index contributed by atoms with van der Waals surface area (Å²) in [4.78, 5) is 15.4. The first-order valence-corrected chi connectivity index (χ1v) is 6.17. The molecular formula is C15H12F3NO3. The average molecular weight is 311 g/mol. The molecule has 7 heteroatoms. The largest absolute Gasteiger partial charge is 0.494 e. The molecule has 4 nitrogen and oxygen atoms in total. The van der Waals surface area contributed by atoms with Gasteiger partial charge in [0.15, 0.2) is 11.4 Å². The van der Waals surface area contributed by atoms with Crippen molar-refractivity contribution >= 4 is 5.97 Å². The Labute approximate surface area is 124 Å². The minimum atomic E-state index is -4.43. The lowest BCUT2D eigenvalue weighted by atomic mass is 10.0. The van der Waals surface area contributed by atoms with E-state index in [2.05, 4.69) is 9.72 Å². The number of carbonyl (C=O) groups is 1. The van der Waals surface area contributed by atoms with Gasteiger partial charge in [0.1, 0.15) is 0 Å². The van der Waals surface area contributed by atoms with Gasteiger partial charge in [-0.3, -0.25) is 0 Å². The predicted molar refractivity (Wildman–Crippen MR) is 72.6 cm³/mol. The Morgan fingerprint density at radius 1 is 1.14 bits per heavy atom. The summed E-state index contributed by atoms with van der Waals surface area (Å²) in [5, 5.41) is 0. The molecule has 0 aliphatic rings. The van der Waals surface area contributed by atoms with Crippen LogP contribution in [0.25, 0.3) is 11.1 Å². The smallest absolute Gasteiger partial charge is 0.416 e. The first-order valence-electron chi connectivity index (χ1n) is 6.17. The Kier molecular flexibility index (Phi) is 4.35. The SMILES string of the molecule is COC(=O)c1ncc(-c2cccc(C(F)(F)F)c2)cc1OC. The topological polar surface area (TPSA) is 48.4 Å². The Bertz CT molecular complexity index is 699. The van der Waals surface area contributed by atoms with Crippen molar-refractivity contribution in [3.05, 3.63) is 47.8 Å². The number of nitrogens with zero attached hydrogens (tertiary/aromatic N) is 1. The second-order valence-corrected chi connectivity index (χ2v) is 4.35. The molecule has 22 heavy (non-hydrogen) atoms. The fraction of sp³-hybridized carbons (Fsp3) is 0.200. The number of aromatic nitrogens is 1. The van der Waals surface area contributed by atoms with E-state index in [4.69, 9.17) is 4.74 Å².